The molecule has 15 heteroatoms. The number of hydrogen-bond donors (Lipinski definition) is 3. The first-order valence-corrected chi connectivity index (χ1v) is 12.1. The number of hydrogen-bond acceptors (Lipinski definition) is 7. The summed E-state index contributed by atoms with van der Waals surface area (Å²) in [5.74, 6) is -0.713. The number of rotatable bonds is 8. The molecule has 0 fully saturated rings. The first-order valence-electron chi connectivity index (χ1n) is 11.0. The van der Waals surface area contributed by atoms with E-state index in [1.807, 2.05) is 0 Å². The van der Waals surface area contributed by atoms with Crippen molar-refractivity contribution in [3.63, 3.8) is 0 Å². The van der Waals surface area contributed by atoms with Crippen LogP contribution in [0.15, 0.2) is 59.5 Å². The highest BCUT2D eigenvalue weighted by Gasteiger charge is 2.34. The summed E-state index contributed by atoms with van der Waals surface area (Å²) in [6, 6.07) is 12.2. The molecule has 2 heterocycles. The Morgan fingerprint density at radius 1 is 0.923 bits per heavy atom. The molecule has 4 rings (SSSR count). The Morgan fingerprint density at radius 2 is 1.64 bits per heavy atom. The minimum absolute atomic E-state index is 0.0414. The molecule has 2 aromatic heterocycles. The summed E-state index contributed by atoms with van der Waals surface area (Å²) in [5.41, 5.74) is -0.199. The lowest BCUT2D eigenvalue weighted by Gasteiger charge is -2.15. The van der Waals surface area contributed by atoms with E-state index >= 15 is 0 Å². The topological polar surface area (TPSA) is 109 Å². The maximum absolute atomic E-state index is 13.5. The summed E-state index contributed by atoms with van der Waals surface area (Å²) >= 11 is -2.14. The van der Waals surface area contributed by atoms with Gasteiger partial charge in [-0.1, -0.05) is 12.1 Å². The molecule has 1 atom stereocenters. The zero-order valence-electron chi connectivity index (χ0n) is 19.9. The molecule has 0 spiro atoms. The highest BCUT2D eigenvalue weighted by molar-refractivity contribution is 7.79. The fourth-order valence-electron chi connectivity index (χ4n) is 3.55. The number of benzene rings is 2. The number of nitrogens with one attached hydrogen (secondary N) is 2. The number of nitrogens with zero attached hydrogens (tertiary/aromatic N) is 3. The molecule has 0 radical (unpaired) electrons. The SMILES string of the molecule is COc1ccc(-c2ccc3nc(NCc4ccc(S(=O)O)cc4)nc(NCC(F)(F)F)c3n2)cc1C(F)(F)F. The molecule has 0 aliphatic carbocycles. The molecular formula is C24H19F6N5O3S. The van der Waals surface area contributed by atoms with Gasteiger partial charge in [-0.05, 0) is 48.0 Å². The molecule has 0 aliphatic heterocycles. The molecule has 0 amide bonds. The molecule has 206 valence electrons. The molecule has 2 aromatic carbocycles. The molecule has 39 heavy (non-hydrogen) atoms. The molecular weight excluding hydrogens is 552 g/mol. The van der Waals surface area contributed by atoms with Crippen molar-refractivity contribution in [1.29, 1.82) is 0 Å². The van der Waals surface area contributed by atoms with Crippen LogP contribution < -0.4 is 15.4 Å². The maximum atomic E-state index is 13.5. The van der Waals surface area contributed by atoms with Gasteiger partial charge in [0.05, 0.1) is 28.8 Å². The second-order valence-electron chi connectivity index (χ2n) is 8.09. The Kier molecular flexibility index (Phi) is 7.92. The number of fused-ring (bicyclic) bond motifs is 1. The lowest BCUT2D eigenvalue weighted by molar-refractivity contribution is -0.138. The van der Waals surface area contributed by atoms with Crippen molar-refractivity contribution < 1.29 is 39.8 Å². The van der Waals surface area contributed by atoms with Crippen molar-refractivity contribution >= 4 is 33.9 Å². The van der Waals surface area contributed by atoms with E-state index < -0.39 is 41.3 Å². The van der Waals surface area contributed by atoms with Crippen molar-refractivity contribution in [2.45, 2.75) is 23.8 Å². The second-order valence-corrected chi connectivity index (χ2v) is 9.06. The molecule has 0 aliphatic rings. The first-order chi connectivity index (χ1) is 18.3. The van der Waals surface area contributed by atoms with Gasteiger partial charge in [0.1, 0.15) is 17.8 Å². The van der Waals surface area contributed by atoms with Crippen LogP contribution in [0, 0.1) is 0 Å². The van der Waals surface area contributed by atoms with Gasteiger partial charge in [0, 0.05) is 12.1 Å². The van der Waals surface area contributed by atoms with Crippen molar-refractivity contribution in [3.05, 3.63) is 65.7 Å². The zero-order valence-corrected chi connectivity index (χ0v) is 20.7. The molecule has 0 bridgehead atoms. The number of methoxy groups -OCH3 is 1. The van der Waals surface area contributed by atoms with Crippen LogP contribution in [0.3, 0.4) is 0 Å². The summed E-state index contributed by atoms with van der Waals surface area (Å²) in [7, 11) is 1.10. The molecule has 4 aromatic rings. The predicted molar refractivity (Wildman–Crippen MR) is 132 cm³/mol. The highest BCUT2D eigenvalue weighted by atomic mass is 32.2. The minimum Gasteiger partial charge on any atom is -0.496 e. The lowest BCUT2D eigenvalue weighted by atomic mass is 10.1. The van der Waals surface area contributed by atoms with Crippen LogP contribution in [0.1, 0.15) is 11.1 Å². The van der Waals surface area contributed by atoms with Crippen LogP contribution in [0.2, 0.25) is 0 Å². The van der Waals surface area contributed by atoms with Gasteiger partial charge in [-0.3, -0.25) is 0 Å². The third-order valence-corrected chi connectivity index (χ3v) is 6.05. The Bertz CT molecular complexity index is 1510. The summed E-state index contributed by atoms with van der Waals surface area (Å²) in [4.78, 5) is 12.8. The number of ether oxygens (including phenoxy) is 1. The third kappa shape index (κ3) is 6.92. The van der Waals surface area contributed by atoms with Crippen LogP contribution in [0.5, 0.6) is 5.75 Å². The summed E-state index contributed by atoms with van der Waals surface area (Å²) < 4.78 is 104. The Hall–Kier alpha value is -3.98. The number of halogens is 6. The van der Waals surface area contributed by atoms with E-state index in [0.717, 1.165) is 19.2 Å². The summed E-state index contributed by atoms with van der Waals surface area (Å²) in [5, 5.41) is 5.05. The number of pyridine rings is 1. The van der Waals surface area contributed by atoms with Gasteiger partial charge in [-0.2, -0.15) is 31.3 Å². The van der Waals surface area contributed by atoms with Gasteiger partial charge in [-0.15, -0.1) is 0 Å². The third-order valence-electron chi connectivity index (χ3n) is 5.37. The molecule has 8 nitrogen and oxygen atoms in total. The van der Waals surface area contributed by atoms with Crippen LogP contribution >= 0.6 is 0 Å². The van der Waals surface area contributed by atoms with Gasteiger partial charge in [0.2, 0.25) is 5.95 Å². The van der Waals surface area contributed by atoms with E-state index in [0.29, 0.717) is 5.56 Å². The highest BCUT2D eigenvalue weighted by Crippen LogP contribution is 2.38. The fourth-order valence-corrected chi connectivity index (χ4v) is 3.92. The quantitative estimate of drug-likeness (QED) is 0.178. The van der Waals surface area contributed by atoms with E-state index in [2.05, 4.69) is 25.6 Å². The van der Waals surface area contributed by atoms with Gasteiger partial charge in [-0.25, -0.2) is 14.2 Å². The van der Waals surface area contributed by atoms with Crippen molar-refractivity contribution in [2.24, 2.45) is 0 Å². The maximum Gasteiger partial charge on any atom is 0.419 e. The Labute approximate surface area is 219 Å². The van der Waals surface area contributed by atoms with Gasteiger partial charge in [0.15, 0.2) is 16.9 Å². The molecule has 3 N–H and O–H groups in total. The smallest absolute Gasteiger partial charge is 0.419 e. The summed E-state index contributed by atoms with van der Waals surface area (Å²) in [6.07, 6.45) is -9.30. The van der Waals surface area contributed by atoms with Gasteiger partial charge in [0.25, 0.3) is 0 Å². The zero-order chi connectivity index (χ0) is 28.4. The number of aromatic nitrogens is 3. The van der Waals surface area contributed by atoms with Gasteiger partial charge < -0.3 is 19.9 Å². The van der Waals surface area contributed by atoms with Crippen molar-refractivity contribution in [3.8, 4) is 17.0 Å². The van der Waals surface area contributed by atoms with Crippen LogP contribution in [-0.4, -0.2) is 43.5 Å². The number of anilines is 2. The average Bonchev–Trinajstić information content (AvgIpc) is 2.89. The van der Waals surface area contributed by atoms with Crippen molar-refractivity contribution in [2.75, 3.05) is 24.3 Å². The normalized spacial score (nSPS) is 12.8. The fraction of sp³-hybridized carbons (Fsp3) is 0.208. The Morgan fingerprint density at radius 3 is 2.26 bits per heavy atom. The lowest BCUT2D eigenvalue weighted by Crippen LogP contribution is -2.22. The van der Waals surface area contributed by atoms with Crippen LogP contribution in [0.4, 0.5) is 38.1 Å². The minimum atomic E-state index is -4.71. The monoisotopic (exact) mass is 571 g/mol. The molecule has 0 saturated heterocycles. The number of alkyl halides is 6. The summed E-state index contributed by atoms with van der Waals surface area (Å²) in [6.45, 7) is -1.30. The standard InChI is InChI=1S/C24H19F6N5O3S/c1-38-19-9-4-14(10-16(19)24(28,29)30)17-7-8-18-20(33-17)21(32-12-23(25,26)27)35-22(34-18)31-11-13-2-5-15(6-3-13)39(36)37/h2-10H,11-12H2,1H3,(H,36,37)(H2,31,32,34,35). The van der Waals surface area contributed by atoms with E-state index in [1.165, 1.54) is 30.3 Å². The van der Waals surface area contributed by atoms with E-state index in [9.17, 15) is 30.6 Å². The second kappa shape index (κ2) is 11.0. The predicted octanol–water partition coefficient (Wildman–Crippen LogP) is 5.89. The van der Waals surface area contributed by atoms with E-state index in [4.69, 9.17) is 9.29 Å². The Balaban J connectivity index is 1.70. The largest absolute Gasteiger partial charge is 0.496 e. The van der Waals surface area contributed by atoms with Crippen LogP contribution in [0.25, 0.3) is 22.3 Å². The van der Waals surface area contributed by atoms with E-state index in [-0.39, 0.29) is 45.5 Å². The molecule has 1 unspecified atom stereocenters. The van der Waals surface area contributed by atoms with Gasteiger partial charge >= 0.3 is 12.4 Å². The first kappa shape index (κ1) is 28.0. The van der Waals surface area contributed by atoms with E-state index in [1.54, 1.807) is 12.1 Å². The van der Waals surface area contributed by atoms with Crippen molar-refractivity contribution in [1.82, 2.24) is 15.0 Å². The average molecular weight is 572 g/mol. The molecule has 0 saturated carbocycles. The van der Waals surface area contributed by atoms with Crippen LogP contribution in [-0.2, 0) is 23.8 Å².